The second-order valence-corrected chi connectivity index (χ2v) is 5.15. The highest BCUT2D eigenvalue weighted by Gasteiger charge is 2.17. The smallest absolute Gasteiger partial charge is 0.164 e. The highest BCUT2D eigenvalue weighted by atomic mass is 19.1. The zero-order chi connectivity index (χ0) is 15.8. The molecule has 21 heavy (non-hydrogen) atoms. The van der Waals surface area contributed by atoms with E-state index in [0.29, 0.717) is 5.69 Å². The van der Waals surface area contributed by atoms with E-state index >= 15 is 0 Å². The molecule has 0 radical (unpaired) electrons. The summed E-state index contributed by atoms with van der Waals surface area (Å²) in [5.41, 5.74) is 0.923. The van der Waals surface area contributed by atoms with E-state index in [2.05, 4.69) is 23.6 Å². The quantitative estimate of drug-likeness (QED) is 0.650. The van der Waals surface area contributed by atoms with Crippen molar-refractivity contribution in [1.82, 2.24) is 4.90 Å². The topological polar surface area (TPSA) is 23.6 Å². The Hall–Kier alpha value is -1.42. The Morgan fingerprint density at radius 1 is 1.10 bits per heavy atom. The van der Waals surface area contributed by atoms with Crippen LogP contribution in [0.4, 0.5) is 10.1 Å². The molecule has 0 amide bonds. The van der Waals surface area contributed by atoms with Crippen LogP contribution < -0.4 is 4.90 Å². The minimum Gasteiger partial charge on any atom is -0.371 e. The molecule has 0 saturated heterocycles. The fourth-order valence-electron chi connectivity index (χ4n) is 2.60. The molecule has 3 nitrogen and oxygen atoms in total. The molecule has 1 rings (SSSR count). The summed E-state index contributed by atoms with van der Waals surface area (Å²) >= 11 is 0. The molecule has 0 saturated carbocycles. The van der Waals surface area contributed by atoms with Crippen LogP contribution in [0.25, 0.3) is 0 Å². The number of anilines is 1. The summed E-state index contributed by atoms with van der Waals surface area (Å²) in [7, 11) is 0. The Balaban J connectivity index is 2.81. The van der Waals surface area contributed by atoms with Crippen LogP contribution in [0, 0.1) is 5.82 Å². The maximum absolute atomic E-state index is 13.9. The summed E-state index contributed by atoms with van der Waals surface area (Å²) in [6.45, 7) is 12.5. The molecule has 1 aromatic carbocycles. The van der Waals surface area contributed by atoms with Crippen LogP contribution in [0.2, 0.25) is 0 Å². The van der Waals surface area contributed by atoms with Crippen molar-refractivity contribution in [3.05, 3.63) is 29.6 Å². The average molecular weight is 294 g/mol. The van der Waals surface area contributed by atoms with Gasteiger partial charge in [-0.2, -0.15) is 0 Å². The Kier molecular flexibility index (Phi) is 7.37. The van der Waals surface area contributed by atoms with Crippen LogP contribution in [0.3, 0.4) is 0 Å². The van der Waals surface area contributed by atoms with E-state index in [1.165, 1.54) is 13.0 Å². The second-order valence-electron chi connectivity index (χ2n) is 5.15. The number of hydrogen-bond acceptors (Lipinski definition) is 3. The molecule has 0 atom stereocenters. The Morgan fingerprint density at radius 3 is 2.29 bits per heavy atom. The Bertz CT molecular complexity index is 458. The molecular formula is C17H27FN2O. The van der Waals surface area contributed by atoms with E-state index in [9.17, 15) is 9.18 Å². The zero-order valence-electron chi connectivity index (χ0n) is 13.7. The van der Waals surface area contributed by atoms with Crippen LogP contribution in [0.5, 0.6) is 0 Å². The third kappa shape index (κ3) is 4.81. The van der Waals surface area contributed by atoms with Gasteiger partial charge in [0.15, 0.2) is 5.78 Å². The number of Topliss-reactive ketones (excluding diaryl/α,β-unsaturated/α-hetero) is 1. The summed E-state index contributed by atoms with van der Waals surface area (Å²) in [4.78, 5) is 16.2. The van der Waals surface area contributed by atoms with Gasteiger partial charge in [-0.3, -0.25) is 4.79 Å². The first kappa shape index (κ1) is 17.6. The second kappa shape index (κ2) is 8.78. The summed E-state index contributed by atoms with van der Waals surface area (Å²) in [5, 5.41) is 0. The van der Waals surface area contributed by atoms with E-state index < -0.39 is 5.82 Å². The molecule has 0 aromatic heterocycles. The molecular weight excluding hydrogens is 267 g/mol. The lowest BCUT2D eigenvalue weighted by Crippen LogP contribution is -2.30. The fraction of sp³-hybridized carbons (Fsp3) is 0.588. The van der Waals surface area contributed by atoms with Gasteiger partial charge in [0, 0.05) is 13.1 Å². The number of carbonyl (C=O) groups excluding carboxylic acids is 1. The molecule has 0 bridgehead atoms. The number of carbonyl (C=O) groups is 1. The van der Waals surface area contributed by atoms with Gasteiger partial charge in [0.05, 0.1) is 11.3 Å². The van der Waals surface area contributed by atoms with Gasteiger partial charge < -0.3 is 9.80 Å². The molecule has 0 aliphatic carbocycles. The van der Waals surface area contributed by atoms with E-state index in [0.717, 1.165) is 39.1 Å². The number of rotatable bonds is 9. The summed E-state index contributed by atoms with van der Waals surface area (Å²) in [6, 6.07) is 4.86. The normalized spacial score (nSPS) is 11.0. The minimum absolute atomic E-state index is 0.210. The first-order valence-electron chi connectivity index (χ1n) is 7.81. The predicted molar refractivity (Wildman–Crippen MR) is 86.7 cm³/mol. The minimum atomic E-state index is -0.429. The van der Waals surface area contributed by atoms with Crippen LogP contribution >= 0.6 is 0 Å². The van der Waals surface area contributed by atoms with Gasteiger partial charge in [-0.15, -0.1) is 0 Å². The maximum Gasteiger partial charge on any atom is 0.164 e. The van der Waals surface area contributed by atoms with Crippen molar-refractivity contribution < 1.29 is 9.18 Å². The lowest BCUT2D eigenvalue weighted by atomic mass is 10.1. The molecule has 1 aromatic rings. The molecule has 0 N–H and O–H groups in total. The van der Waals surface area contributed by atoms with Crippen molar-refractivity contribution in [3.63, 3.8) is 0 Å². The fourth-order valence-corrected chi connectivity index (χ4v) is 2.60. The van der Waals surface area contributed by atoms with Crippen molar-refractivity contribution in [2.75, 3.05) is 37.6 Å². The summed E-state index contributed by atoms with van der Waals surface area (Å²) in [6.07, 6.45) is 1.00. The van der Waals surface area contributed by atoms with Crippen LogP contribution in [-0.4, -0.2) is 43.4 Å². The lowest BCUT2D eigenvalue weighted by Gasteiger charge is -2.27. The number of benzene rings is 1. The largest absolute Gasteiger partial charge is 0.371 e. The van der Waals surface area contributed by atoms with E-state index in [4.69, 9.17) is 0 Å². The third-order valence-electron chi connectivity index (χ3n) is 3.86. The van der Waals surface area contributed by atoms with Crippen LogP contribution in [0.15, 0.2) is 18.2 Å². The van der Waals surface area contributed by atoms with E-state index in [-0.39, 0.29) is 11.3 Å². The average Bonchev–Trinajstić information content (AvgIpc) is 2.47. The maximum atomic E-state index is 13.9. The van der Waals surface area contributed by atoms with E-state index in [1.807, 2.05) is 13.0 Å². The van der Waals surface area contributed by atoms with Crippen molar-refractivity contribution in [2.45, 2.75) is 34.1 Å². The first-order valence-corrected chi connectivity index (χ1v) is 7.81. The van der Waals surface area contributed by atoms with Crippen molar-refractivity contribution in [1.29, 1.82) is 0 Å². The molecule has 0 unspecified atom stereocenters. The monoisotopic (exact) mass is 294 g/mol. The van der Waals surface area contributed by atoms with Crippen molar-refractivity contribution in [3.8, 4) is 0 Å². The van der Waals surface area contributed by atoms with Gasteiger partial charge in [0.1, 0.15) is 5.82 Å². The summed E-state index contributed by atoms with van der Waals surface area (Å²) in [5.74, 6) is -0.646. The number of hydrogen-bond donors (Lipinski definition) is 0. The Labute approximate surface area is 127 Å². The van der Waals surface area contributed by atoms with Gasteiger partial charge in [-0.25, -0.2) is 4.39 Å². The molecule has 0 aliphatic heterocycles. The zero-order valence-corrected chi connectivity index (χ0v) is 13.7. The van der Waals surface area contributed by atoms with Gasteiger partial charge in [0.2, 0.25) is 0 Å². The third-order valence-corrected chi connectivity index (χ3v) is 3.86. The predicted octanol–water partition coefficient (Wildman–Crippen LogP) is 3.59. The van der Waals surface area contributed by atoms with Gasteiger partial charge in [-0.05, 0) is 52.0 Å². The van der Waals surface area contributed by atoms with Crippen molar-refractivity contribution >= 4 is 11.5 Å². The molecule has 0 heterocycles. The standard InChI is InChI=1S/C17H27FN2O/c1-5-19(6-2)12-9-13-20(7-3)16-11-8-10-15(18)17(16)14(4)21/h8,10-11H,5-7,9,12-13H2,1-4H3. The van der Waals surface area contributed by atoms with E-state index in [1.54, 1.807) is 6.07 Å². The Morgan fingerprint density at radius 2 is 1.76 bits per heavy atom. The summed E-state index contributed by atoms with van der Waals surface area (Å²) < 4.78 is 13.9. The number of halogens is 1. The van der Waals surface area contributed by atoms with Crippen LogP contribution in [-0.2, 0) is 0 Å². The molecule has 0 spiro atoms. The van der Waals surface area contributed by atoms with Gasteiger partial charge in [-0.1, -0.05) is 19.9 Å². The number of nitrogens with zero attached hydrogens (tertiary/aromatic N) is 2. The lowest BCUT2D eigenvalue weighted by molar-refractivity contribution is 0.101. The highest BCUT2D eigenvalue weighted by molar-refractivity contribution is 6.00. The highest BCUT2D eigenvalue weighted by Crippen LogP contribution is 2.24. The van der Waals surface area contributed by atoms with Gasteiger partial charge in [0.25, 0.3) is 0 Å². The first-order chi connectivity index (χ1) is 10.0. The van der Waals surface area contributed by atoms with Gasteiger partial charge >= 0.3 is 0 Å². The van der Waals surface area contributed by atoms with Crippen molar-refractivity contribution in [2.24, 2.45) is 0 Å². The molecule has 4 heteroatoms. The molecule has 0 fully saturated rings. The molecule has 0 aliphatic rings. The number of ketones is 1. The SMILES string of the molecule is CCN(CC)CCCN(CC)c1cccc(F)c1C(C)=O. The van der Waals surface area contributed by atoms with Crippen LogP contribution in [0.1, 0.15) is 44.5 Å². The molecule has 118 valence electrons.